The summed E-state index contributed by atoms with van der Waals surface area (Å²) in [7, 11) is 0. The average Bonchev–Trinajstić information content (AvgIpc) is 1.57. The van der Waals surface area contributed by atoms with Gasteiger partial charge in [-0.3, -0.25) is 24.0 Å². The summed E-state index contributed by atoms with van der Waals surface area (Å²) in [4.78, 5) is 92.6. The molecule has 0 radical (unpaired) electrons. The number of rotatable bonds is 32. The number of nitrogens with one attached hydrogen (secondary N) is 10. The van der Waals surface area contributed by atoms with E-state index in [0.717, 1.165) is 211 Å². The molecule has 17 aromatic rings. The molecule has 3 aliphatic carbocycles. The predicted molar refractivity (Wildman–Crippen MR) is 580 cm³/mol. The first-order valence-electron chi connectivity index (χ1n) is 50.7. The second-order valence-corrected chi connectivity index (χ2v) is 38.7. The molecule has 3 saturated carbocycles. The van der Waals surface area contributed by atoms with Gasteiger partial charge in [0.15, 0.2) is 0 Å². The molecular weight excluding hydrogens is 1890 g/mol. The van der Waals surface area contributed by atoms with Crippen LogP contribution in [-0.2, 0) is 0 Å². The maximum Gasteiger partial charge on any atom is 0.335 e. The number of amides is 5. The third-order valence-electron chi connectivity index (χ3n) is 28.4. The van der Waals surface area contributed by atoms with Crippen LogP contribution < -0.4 is 66.7 Å². The number of nitrogens with two attached hydrogens (primary N) is 7. The Morgan fingerprint density at radius 3 is 0.765 bits per heavy atom. The molecule has 3 fully saturated rings. The fourth-order valence-corrected chi connectivity index (χ4v) is 20.4. The molecule has 20 rings (SSSR count). The molecule has 25 N–H and O–H groups in total. The molecule has 0 unspecified atom stereocenters. The van der Waals surface area contributed by atoms with Crippen molar-refractivity contribution >= 4 is 90.0 Å². The maximum absolute atomic E-state index is 13.6. The Kier molecular flexibility index (Phi) is 35.8. The number of aromatic nitrogens is 5. The number of carboxylic acid groups (broad SMARTS) is 1. The summed E-state index contributed by atoms with van der Waals surface area (Å²) in [6, 6.07) is 78.2. The first-order valence-corrected chi connectivity index (χ1v) is 50.7. The first-order chi connectivity index (χ1) is 72.3. The van der Waals surface area contributed by atoms with E-state index in [1.165, 1.54) is 84.9 Å². The standard InChI is InChI=1S/C28H27F2N3O.C27H27FN4O3.2C22H24FN3O.C20H23FN4O/c29-22-8-3-19(4-9-22)21-7-12-24-25(14-21)33-27(26(24)20-5-10-23(30)11-6-20)28(34)32-16-18-2-1-17(13-18)15-31;28-20-10-7-16(8-11-20)19-9-12-22-23(14-19)32-25(26(33)31-15-21(30)2-1-13-29)24(22)17-3-5-18(6-4-17)27(34)35;2*23-17-9-7-16(8-10-17)20-18-3-1-2-4-19(18)26-21(20)22(27)25-13-15-6-5-14(11-15)12-24;21-14-9-7-13(8-10-14)18-16-5-1-2-6-17(16)25-19(18)20(26)24-12-15(23)4-3-11-22/h3-12,14,17-18,33H,1-2,13,15-16,31H2,(H,32,34);3-12,14,21,32H,1-2,13,15,29-30H2,(H,31,33)(H,34,35);2*1-4,7-10,14-15,26H,5-6,11-13,24H2,(H,25,27);1-2,5-10,15,25H,3-4,11-12,22-23H2,(H,24,26)/t17-,18-;21-;14-,15+;14-,15-;15-/m01100/s1. The van der Waals surface area contributed by atoms with Crippen molar-refractivity contribution in [3.8, 4) is 77.9 Å². The predicted octanol–water partition coefficient (Wildman–Crippen LogP) is 20.9. The third kappa shape index (κ3) is 26.5. The summed E-state index contributed by atoms with van der Waals surface area (Å²) in [5, 5.41) is 28.8. The highest BCUT2D eigenvalue weighted by molar-refractivity contribution is 6.15. The molecule has 24 nitrogen and oxygen atoms in total. The van der Waals surface area contributed by atoms with Gasteiger partial charge in [0, 0.05) is 127 Å². The third-order valence-corrected chi connectivity index (χ3v) is 28.4. The Morgan fingerprint density at radius 2 is 0.510 bits per heavy atom. The van der Waals surface area contributed by atoms with E-state index >= 15 is 0 Å². The van der Waals surface area contributed by atoms with Crippen molar-refractivity contribution in [1.29, 1.82) is 0 Å². The zero-order valence-electron chi connectivity index (χ0n) is 82.6. The highest BCUT2D eigenvalue weighted by Crippen LogP contribution is 2.42. The van der Waals surface area contributed by atoms with E-state index in [2.05, 4.69) is 51.5 Å². The lowest BCUT2D eigenvalue weighted by molar-refractivity contribution is 0.0695. The number of hydrogen-bond acceptors (Lipinski definition) is 13. The minimum absolute atomic E-state index is 0.123. The maximum atomic E-state index is 13.6. The Hall–Kier alpha value is -15.5. The van der Waals surface area contributed by atoms with Crippen LogP contribution in [0.15, 0.2) is 279 Å². The zero-order chi connectivity index (χ0) is 105. The summed E-state index contributed by atoms with van der Waals surface area (Å²) in [5.41, 5.74) is 58.2. The van der Waals surface area contributed by atoms with Gasteiger partial charge in [-0.05, 0) is 317 Å². The summed E-state index contributed by atoms with van der Waals surface area (Å²) in [6.45, 7) is 5.85. The van der Waals surface area contributed by atoms with E-state index in [-0.39, 0.29) is 82.1 Å². The van der Waals surface area contributed by atoms with E-state index in [1.807, 2.05) is 109 Å². The first kappa shape index (κ1) is 106. The van der Waals surface area contributed by atoms with Crippen molar-refractivity contribution in [2.45, 2.75) is 95.6 Å². The number of carbonyl (C=O) groups excluding carboxylic acids is 5. The summed E-state index contributed by atoms with van der Waals surface area (Å²) < 4.78 is 80.3. The molecule has 0 aliphatic heterocycles. The topological polar surface area (TPSA) is 444 Å². The highest BCUT2D eigenvalue weighted by atomic mass is 19.1. The fraction of sp³-hybridized carbons (Fsp3) is 0.261. The number of benzene rings is 12. The van der Waals surface area contributed by atoms with Crippen molar-refractivity contribution in [2.75, 3.05) is 65.4 Å². The lowest BCUT2D eigenvalue weighted by atomic mass is 9.98. The van der Waals surface area contributed by atoms with E-state index in [0.29, 0.717) is 134 Å². The van der Waals surface area contributed by atoms with Gasteiger partial charge in [0.25, 0.3) is 29.5 Å². The molecule has 3 aliphatic rings. The molecule has 5 heterocycles. The van der Waals surface area contributed by atoms with E-state index in [1.54, 1.807) is 84.9 Å². The van der Waals surface area contributed by atoms with Crippen LogP contribution in [-0.4, -0.2) is 143 Å². The van der Waals surface area contributed by atoms with Gasteiger partial charge in [0.1, 0.15) is 63.4 Å². The van der Waals surface area contributed by atoms with Gasteiger partial charge in [-0.15, -0.1) is 0 Å². The number of halogens is 6. The van der Waals surface area contributed by atoms with Crippen LogP contribution in [0, 0.1) is 70.4 Å². The Morgan fingerprint density at radius 1 is 0.282 bits per heavy atom. The normalized spacial score (nSPS) is 16.1. The molecule has 30 heteroatoms. The zero-order valence-corrected chi connectivity index (χ0v) is 82.6. The number of fused-ring (bicyclic) bond motifs is 5. The number of aromatic carboxylic acids is 1. The lowest BCUT2D eigenvalue weighted by Crippen LogP contribution is -2.37. The molecule has 8 atom stereocenters. The molecule has 5 aromatic heterocycles. The number of carbonyl (C=O) groups is 6. The molecule has 0 bridgehead atoms. The number of para-hydroxylation sites is 3. The van der Waals surface area contributed by atoms with Gasteiger partial charge >= 0.3 is 5.97 Å². The van der Waals surface area contributed by atoms with Crippen LogP contribution in [0.1, 0.15) is 146 Å². The highest BCUT2D eigenvalue weighted by Gasteiger charge is 2.32. The molecule has 0 spiro atoms. The molecule has 770 valence electrons. The SMILES string of the molecule is NCCC[C@@H](N)CNC(=O)c1[nH]c2cc(-c3ccc(F)cc3)ccc2c1-c1ccc(C(=O)O)cc1.NCCC[C@H](N)CNC(=O)c1[nH]c2ccccc2c1-c1ccc(F)cc1.NC[C@@H]1CC[C@H](CNC(=O)c2[nH]c3ccccc3c2-c2ccc(F)cc2)C1.NC[C@H]1CC[C@H](CNC(=O)c2[nH]c3cc(-c4ccc(F)cc4)ccc3c2-c2ccc(F)cc2)C1.NC[C@H]1CC[C@H](CNC(=O)c2[nH]c3ccccc3c2-c2ccc(F)cc2)C1. The summed E-state index contributed by atoms with van der Waals surface area (Å²) in [6.07, 6.45) is 12.9. The summed E-state index contributed by atoms with van der Waals surface area (Å²) >= 11 is 0. The van der Waals surface area contributed by atoms with Gasteiger partial charge in [-0.1, -0.05) is 164 Å². The Labute approximate surface area is 859 Å². The second-order valence-electron chi connectivity index (χ2n) is 38.7. The minimum Gasteiger partial charge on any atom is -0.478 e. The van der Waals surface area contributed by atoms with Crippen LogP contribution in [0.4, 0.5) is 26.3 Å². The minimum atomic E-state index is -1.02. The molecule has 5 amide bonds. The lowest BCUT2D eigenvalue weighted by Gasteiger charge is -2.12. The van der Waals surface area contributed by atoms with Crippen LogP contribution in [0.5, 0.6) is 0 Å². The van der Waals surface area contributed by atoms with Crippen molar-refractivity contribution in [2.24, 2.45) is 75.6 Å². The van der Waals surface area contributed by atoms with Crippen LogP contribution >= 0.6 is 0 Å². The smallest absolute Gasteiger partial charge is 0.335 e. The number of carboxylic acids is 1. The van der Waals surface area contributed by atoms with Crippen molar-refractivity contribution in [1.82, 2.24) is 51.5 Å². The second kappa shape index (κ2) is 50.2. The number of aromatic amines is 5. The van der Waals surface area contributed by atoms with Gasteiger partial charge in [0.2, 0.25) is 0 Å². The van der Waals surface area contributed by atoms with Crippen LogP contribution in [0.2, 0.25) is 0 Å². The molecule has 12 aromatic carbocycles. The van der Waals surface area contributed by atoms with Gasteiger partial charge in [-0.25, -0.2) is 31.1 Å². The quantitative estimate of drug-likeness (QED) is 0.0174. The number of hydrogen-bond donors (Lipinski definition) is 18. The van der Waals surface area contributed by atoms with E-state index < -0.39 is 5.97 Å². The fourth-order valence-electron chi connectivity index (χ4n) is 20.4. The summed E-state index contributed by atoms with van der Waals surface area (Å²) in [5.74, 6) is -0.735. The largest absolute Gasteiger partial charge is 0.478 e. The van der Waals surface area contributed by atoms with Crippen molar-refractivity contribution in [3.05, 3.63) is 348 Å². The Balaban J connectivity index is 0.000000133. The van der Waals surface area contributed by atoms with Crippen LogP contribution in [0.3, 0.4) is 0 Å². The molecular formula is C119H125F6N17O7. The average molecular weight is 2020 g/mol. The van der Waals surface area contributed by atoms with Gasteiger partial charge < -0.3 is 96.7 Å². The van der Waals surface area contributed by atoms with Gasteiger partial charge in [0.05, 0.1) is 5.56 Å². The molecule has 149 heavy (non-hydrogen) atoms. The van der Waals surface area contributed by atoms with Crippen LogP contribution in [0.25, 0.3) is 132 Å². The monoisotopic (exact) mass is 2020 g/mol. The van der Waals surface area contributed by atoms with E-state index in [9.17, 15) is 60.2 Å². The Bertz CT molecular complexity index is 7320. The van der Waals surface area contributed by atoms with Gasteiger partial charge in [-0.2, -0.15) is 0 Å². The van der Waals surface area contributed by atoms with Crippen molar-refractivity contribution in [3.63, 3.8) is 0 Å². The number of H-pyrrole nitrogens is 5. The van der Waals surface area contributed by atoms with Crippen molar-refractivity contribution < 1.29 is 60.2 Å². The molecule has 0 saturated heterocycles. The van der Waals surface area contributed by atoms with E-state index in [4.69, 9.17) is 40.1 Å².